The summed E-state index contributed by atoms with van der Waals surface area (Å²) >= 11 is 1.70. The van der Waals surface area contributed by atoms with Gasteiger partial charge in [0, 0.05) is 42.8 Å². The standard InChI is InChI=1S/C20H23N5OS/c1-14-10-11-27-18(14)8-9-20(26)23-16-6-4-15(5-7-16)22-19-12-17(25(2)3)13-21-24-19/h4-7,10-13H,8-9H2,1-3H3,(H,22,24)(H,23,26). The molecule has 1 amide bonds. The summed E-state index contributed by atoms with van der Waals surface area (Å²) in [5.74, 6) is 0.692. The molecule has 6 nitrogen and oxygen atoms in total. The molecule has 0 bridgehead atoms. The zero-order chi connectivity index (χ0) is 19.2. The van der Waals surface area contributed by atoms with Crippen molar-refractivity contribution < 1.29 is 4.79 Å². The van der Waals surface area contributed by atoms with E-state index in [2.05, 4.69) is 39.2 Å². The van der Waals surface area contributed by atoms with Crippen LogP contribution in [0, 0.1) is 6.92 Å². The molecule has 2 heterocycles. The van der Waals surface area contributed by atoms with Crippen molar-refractivity contribution in [2.75, 3.05) is 29.6 Å². The smallest absolute Gasteiger partial charge is 0.224 e. The van der Waals surface area contributed by atoms with E-state index in [9.17, 15) is 4.79 Å². The molecular weight excluding hydrogens is 358 g/mol. The Kier molecular flexibility index (Phi) is 6.03. The van der Waals surface area contributed by atoms with Gasteiger partial charge in [-0.1, -0.05) is 0 Å². The van der Waals surface area contributed by atoms with Gasteiger partial charge in [0.1, 0.15) is 0 Å². The normalized spacial score (nSPS) is 10.5. The van der Waals surface area contributed by atoms with Crippen LogP contribution in [0.25, 0.3) is 0 Å². The van der Waals surface area contributed by atoms with Gasteiger partial charge in [0.05, 0.1) is 11.9 Å². The van der Waals surface area contributed by atoms with Gasteiger partial charge in [-0.3, -0.25) is 4.79 Å². The molecule has 7 heteroatoms. The number of thiophene rings is 1. The molecule has 0 spiro atoms. The third kappa shape index (κ3) is 5.27. The van der Waals surface area contributed by atoms with Gasteiger partial charge >= 0.3 is 0 Å². The van der Waals surface area contributed by atoms with Gasteiger partial charge in [-0.25, -0.2) is 0 Å². The van der Waals surface area contributed by atoms with Crippen LogP contribution in [0.1, 0.15) is 16.9 Å². The minimum atomic E-state index is 0.0214. The first-order chi connectivity index (χ1) is 13.0. The number of aromatic nitrogens is 2. The van der Waals surface area contributed by atoms with Crippen LogP contribution in [0.2, 0.25) is 0 Å². The monoisotopic (exact) mass is 381 g/mol. The second-order valence-corrected chi connectivity index (χ2v) is 7.47. The van der Waals surface area contributed by atoms with Crippen molar-refractivity contribution in [3.63, 3.8) is 0 Å². The Bertz CT molecular complexity index is 905. The Balaban J connectivity index is 1.54. The molecule has 3 aromatic rings. The molecule has 2 aromatic heterocycles. The topological polar surface area (TPSA) is 70.2 Å². The second-order valence-electron chi connectivity index (χ2n) is 6.47. The fourth-order valence-corrected chi connectivity index (χ4v) is 3.47. The van der Waals surface area contributed by atoms with E-state index in [4.69, 9.17) is 0 Å². The van der Waals surface area contributed by atoms with Crippen LogP contribution in [-0.2, 0) is 11.2 Å². The van der Waals surface area contributed by atoms with Crippen molar-refractivity contribution in [3.05, 3.63) is 58.4 Å². The second kappa shape index (κ2) is 8.64. The molecular formula is C20H23N5OS. The molecule has 0 aliphatic carbocycles. The molecule has 3 rings (SSSR count). The first-order valence-electron chi connectivity index (χ1n) is 8.71. The third-order valence-corrected chi connectivity index (χ3v) is 5.23. The lowest BCUT2D eigenvalue weighted by Gasteiger charge is -2.13. The van der Waals surface area contributed by atoms with Gasteiger partial charge in [0.2, 0.25) is 5.91 Å². The number of nitrogens with zero attached hydrogens (tertiary/aromatic N) is 3. The molecule has 140 valence electrons. The lowest BCUT2D eigenvalue weighted by molar-refractivity contribution is -0.116. The molecule has 2 N–H and O–H groups in total. The van der Waals surface area contributed by atoms with Gasteiger partial charge < -0.3 is 15.5 Å². The summed E-state index contributed by atoms with van der Waals surface area (Å²) in [6, 6.07) is 11.6. The molecule has 0 radical (unpaired) electrons. The number of carbonyl (C=O) groups excluding carboxylic acids is 1. The van der Waals surface area contributed by atoms with E-state index < -0.39 is 0 Å². The zero-order valence-electron chi connectivity index (χ0n) is 15.7. The predicted octanol–water partition coefficient (Wildman–Crippen LogP) is 4.23. The van der Waals surface area contributed by atoms with Crippen LogP contribution >= 0.6 is 11.3 Å². The maximum Gasteiger partial charge on any atom is 0.224 e. The molecule has 0 saturated heterocycles. The number of hydrogen-bond donors (Lipinski definition) is 2. The van der Waals surface area contributed by atoms with Gasteiger partial charge in [0.25, 0.3) is 0 Å². The highest BCUT2D eigenvalue weighted by atomic mass is 32.1. The lowest BCUT2D eigenvalue weighted by Crippen LogP contribution is -2.12. The van der Waals surface area contributed by atoms with E-state index in [1.54, 1.807) is 17.5 Å². The summed E-state index contributed by atoms with van der Waals surface area (Å²) in [5, 5.41) is 16.3. The van der Waals surface area contributed by atoms with Gasteiger partial charge in [0.15, 0.2) is 5.82 Å². The van der Waals surface area contributed by atoms with E-state index in [0.717, 1.165) is 23.5 Å². The van der Waals surface area contributed by atoms with Crippen molar-refractivity contribution in [3.8, 4) is 0 Å². The van der Waals surface area contributed by atoms with Gasteiger partial charge in [-0.05, 0) is 54.6 Å². The van der Waals surface area contributed by atoms with Crippen LogP contribution in [-0.4, -0.2) is 30.2 Å². The summed E-state index contributed by atoms with van der Waals surface area (Å²) in [4.78, 5) is 15.4. The van der Waals surface area contributed by atoms with Crippen LogP contribution in [0.4, 0.5) is 22.9 Å². The average Bonchev–Trinajstić information content (AvgIpc) is 3.07. The highest BCUT2D eigenvalue weighted by Gasteiger charge is 2.06. The molecule has 0 atom stereocenters. The number of amides is 1. The van der Waals surface area contributed by atoms with E-state index in [1.165, 1.54) is 10.4 Å². The van der Waals surface area contributed by atoms with E-state index in [-0.39, 0.29) is 5.91 Å². The number of benzene rings is 1. The number of anilines is 4. The summed E-state index contributed by atoms with van der Waals surface area (Å²) in [7, 11) is 3.91. The fourth-order valence-electron chi connectivity index (χ4n) is 2.56. The predicted molar refractivity (Wildman–Crippen MR) is 112 cm³/mol. The van der Waals surface area contributed by atoms with Gasteiger partial charge in [-0.15, -0.1) is 16.4 Å². The van der Waals surface area contributed by atoms with E-state index in [1.807, 2.05) is 49.3 Å². The number of hydrogen-bond acceptors (Lipinski definition) is 6. The van der Waals surface area contributed by atoms with Crippen LogP contribution < -0.4 is 15.5 Å². The Morgan fingerprint density at radius 3 is 2.56 bits per heavy atom. The van der Waals surface area contributed by atoms with Gasteiger partial charge in [-0.2, -0.15) is 5.10 Å². The Morgan fingerprint density at radius 1 is 1.15 bits per heavy atom. The SMILES string of the molecule is Cc1ccsc1CCC(=O)Nc1ccc(Nc2cc(N(C)C)cnn2)cc1. The van der Waals surface area contributed by atoms with Crippen molar-refractivity contribution in [2.45, 2.75) is 19.8 Å². The molecule has 27 heavy (non-hydrogen) atoms. The number of aryl methyl sites for hydroxylation is 2. The van der Waals surface area contributed by atoms with Crippen molar-refractivity contribution in [1.29, 1.82) is 0 Å². The summed E-state index contributed by atoms with van der Waals surface area (Å²) in [6.07, 6.45) is 2.96. The Morgan fingerprint density at radius 2 is 1.89 bits per heavy atom. The number of carbonyl (C=O) groups is 1. The quantitative estimate of drug-likeness (QED) is 0.641. The van der Waals surface area contributed by atoms with E-state index in [0.29, 0.717) is 12.2 Å². The van der Waals surface area contributed by atoms with Crippen LogP contribution in [0.15, 0.2) is 48.0 Å². The maximum atomic E-state index is 12.2. The molecule has 0 unspecified atom stereocenters. The summed E-state index contributed by atoms with van der Waals surface area (Å²) in [6.45, 7) is 2.08. The van der Waals surface area contributed by atoms with Crippen molar-refractivity contribution in [2.24, 2.45) is 0 Å². The molecule has 0 saturated carbocycles. The van der Waals surface area contributed by atoms with Crippen LogP contribution in [0.5, 0.6) is 0 Å². The third-order valence-electron chi connectivity index (χ3n) is 4.14. The Hall–Kier alpha value is -2.93. The average molecular weight is 382 g/mol. The summed E-state index contributed by atoms with van der Waals surface area (Å²) in [5.41, 5.74) is 3.89. The minimum Gasteiger partial charge on any atom is -0.376 e. The highest BCUT2D eigenvalue weighted by Crippen LogP contribution is 2.21. The summed E-state index contributed by atoms with van der Waals surface area (Å²) < 4.78 is 0. The van der Waals surface area contributed by atoms with Crippen molar-refractivity contribution >= 4 is 40.1 Å². The Labute approximate surface area is 163 Å². The molecule has 0 fully saturated rings. The molecule has 1 aromatic carbocycles. The lowest BCUT2D eigenvalue weighted by atomic mass is 10.2. The molecule has 0 aliphatic heterocycles. The highest BCUT2D eigenvalue weighted by molar-refractivity contribution is 7.10. The van der Waals surface area contributed by atoms with E-state index >= 15 is 0 Å². The fraction of sp³-hybridized carbons (Fsp3) is 0.250. The zero-order valence-corrected chi connectivity index (χ0v) is 16.5. The number of nitrogens with one attached hydrogen (secondary N) is 2. The first-order valence-corrected chi connectivity index (χ1v) is 9.59. The largest absolute Gasteiger partial charge is 0.376 e. The number of rotatable bonds is 7. The van der Waals surface area contributed by atoms with Crippen LogP contribution in [0.3, 0.4) is 0 Å². The minimum absolute atomic E-state index is 0.0214. The first kappa shape index (κ1) is 18.8. The molecule has 0 aliphatic rings. The maximum absolute atomic E-state index is 12.2. The van der Waals surface area contributed by atoms with Crippen molar-refractivity contribution in [1.82, 2.24) is 10.2 Å².